The summed E-state index contributed by atoms with van der Waals surface area (Å²) < 4.78 is 14.7. The van der Waals surface area contributed by atoms with Crippen LogP contribution in [0.25, 0.3) is 10.2 Å². The number of para-hydroxylation sites is 1. The highest BCUT2D eigenvalue weighted by Gasteiger charge is 2.15. The van der Waals surface area contributed by atoms with Crippen molar-refractivity contribution in [2.45, 2.75) is 12.5 Å². The monoisotopic (exact) mass is 273 g/mol. The molecule has 1 atom stereocenters. The van der Waals surface area contributed by atoms with E-state index in [1.807, 2.05) is 24.3 Å². The highest BCUT2D eigenvalue weighted by molar-refractivity contribution is 7.18. The number of nitrogens with zero attached hydrogens (tertiary/aromatic N) is 2. The fourth-order valence-corrected chi connectivity index (χ4v) is 2.99. The van der Waals surface area contributed by atoms with Crippen molar-refractivity contribution in [1.82, 2.24) is 9.97 Å². The number of fused-ring (bicyclic) bond motifs is 1. The van der Waals surface area contributed by atoms with Crippen LogP contribution in [0.2, 0.25) is 0 Å². The first kappa shape index (κ1) is 12.2. The zero-order chi connectivity index (χ0) is 13.2. The van der Waals surface area contributed by atoms with Crippen LogP contribution in [0.3, 0.4) is 0 Å². The van der Waals surface area contributed by atoms with E-state index in [4.69, 9.17) is 5.73 Å². The molecule has 2 aromatic heterocycles. The number of rotatable bonds is 3. The van der Waals surface area contributed by atoms with E-state index in [0.717, 1.165) is 15.2 Å². The molecule has 5 heteroatoms. The first-order valence-corrected chi connectivity index (χ1v) is 6.76. The molecule has 0 amide bonds. The van der Waals surface area contributed by atoms with Crippen molar-refractivity contribution in [2.24, 2.45) is 5.73 Å². The largest absolute Gasteiger partial charge is 0.322 e. The van der Waals surface area contributed by atoms with E-state index < -0.39 is 6.04 Å². The Hall–Kier alpha value is -1.85. The lowest BCUT2D eigenvalue weighted by atomic mass is 10.1. The van der Waals surface area contributed by atoms with Gasteiger partial charge in [0.2, 0.25) is 0 Å². The van der Waals surface area contributed by atoms with Crippen molar-refractivity contribution in [2.75, 3.05) is 0 Å². The molecule has 19 heavy (non-hydrogen) atoms. The van der Waals surface area contributed by atoms with Crippen molar-refractivity contribution in [1.29, 1.82) is 0 Å². The molecule has 0 saturated heterocycles. The Kier molecular flexibility index (Phi) is 3.23. The third-order valence-electron chi connectivity index (χ3n) is 2.87. The Labute approximate surface area is 113 Å². The standard InChI is InChI=1S/C14H12FN3S/c15-9-4-3-7-17-14(9)10(16)8-13-18-11-5-1-2-6-12(11)19-13/h1-7,10H,8,16H2. The number of hydrogen-bond acceptors (Lipinski definition) is 4. The second-order valence-corrected chi connectivity index (χ2v) is 5.37. The van der Waals surface area contributed by atoms with Crippen LogP contribution in [-0.2, 0) is 6.42 Å². The number of benzene rings is 1. The van der Waals surface area contributed by atoms with Crippen LogP contribution < -0.4 is 5.73 Å². The lowest BCUT2D eigenvalue weighted by Crippen LogP contribution is -2.16. The number of nitrogens with two attached hydrogens (primary N) is 1. The van der Waals surface area contributed by atoms with Gasteiger partial charge >= 0.3 is 0 Å². The van der Waals surface area contributed by atoms with Gasteiger partial charge in [0.25, 0.3) is 0 Å². The molecule has 96 valence electrons. The smallest absolute Gasteiger partial charge is 0.146 e. The van der Waals surface area contributed by atoms with Crippen molar-refractivity contribution in [3.63, 3.8) is 0 Å². The summed E-state index contributed by atoms with van der Waals surface area (Å²) in [6.45, 7) is 0. The maximum atomic E-state index is 13.6. The average Bonchev–Trinajstić information content (AvgIpc) is 2.81. The first-order chi connectivity index (χ1) is 9.24. The van der Waals surface area contributed by atoms with Gasteiger partial charge in [0.15, 0.2) is 0 Å². The first-order valence-electron chi connectivity index (χ1n) is 5.94. The Morgan fingerprint density at radius 3 is 2.84 bits per heavy atom. The highest BCUT2D eigenvalue weighted by atomic mass is 32.1. The molecule has 2 heterocycles. The lowest BCUT2D eigenvalue weighted by molar-refractivity contribution is 0.563. The van der Waals surface area contributed by atoms with Gasteiger partial charge in [-0.1, -0.05) is 12.1 Å². The van der Waals surface area contributed by atoms with Crippen LogP contribution in [-0.4, -0.2) is 9.97 Å². The maximum Gasteiger partial charge on any atom is 0.146 e. The van der Waals surface area contributed by atoms with Gasteiger partial charge in [0.1, 0.15) is 5.82 Å². The van der Waals surface area contributed by atoms with Crippen LogP contribution in [0.5, 0.6) is 0 Å². The SMILES string of the molecule is NC(Cc1nc2ccccc2s1)c1ncccc1F. The molecule has 0 saturated carbocycles. The summed E-state index contributed by atoms with van der Waals surface area (Å²) in [5.74, 6) is -0.365. The van der Waals surface area contributed by atoms with Crippen molar-refractivity contribution in [3.05, 3.63) is 59.1 Å². The summed E-state index contributed by atoms with van der Waals surface area (Å²) in [5, 5.41) is 0.902. The second kappa shape index (κ2) is 5.03. The zero-order valence-corrected chi connectivity index (χ0v) is 10.9. The third-order valence-corrected chi connectivity index (χ3v) is 3.93. The predicted molar refractivity (Wildman–Crippen MR) is 74.4 cm³/mol. The minimum absolute atomic E-state index is 0.293. The lowest BCUT2D eigenvalue weighted by Gasteiger charge is -2.09. The van der Waals surface area contributed by atoms with Crippen LogP contribution in [0, 0.1) is 5.82 Å². The summed E-state index contributed by atoms with van der Waals surface area (Å²) in [4.78, 5) is 8.50. The molecule has 0 aliphatic rings. The minimum Gasteiger partial charge on any atom is -0.322 e. The zero-order valence-electron chi connectivity index (χ0n) is 10.1. The summed E-state index contributed by atoms with van der Waals surface area (Å²) in [5.41, 5.74) is 7.26. The quantitative estimate of drug-likeness (QED) is 0.798. The molecule has 3 nitrogen and oxygen atoms in total. The van der Waals surface area contributed by atoms with Gasteiger partial charge in [-0.25, -0.2) is 9.37 Å². The van der Waals surface area contributed by atoms with Crippen LogP contribution in [0.15, 0.2) is 42.6 Å². The minimum atomic E-state index is -0.471. The molecular weight excluding hydrogens is 261 g/mol. The molecule has 3 aromatic rings. The summed E-state index contributed by atoms with van der Waals surface area (Å²) in [6, 6.07) is 10.4. The third kappa shape index (κ3) is 2.47. The molecule has 0 fully saturated rings. The fraction of sp³-hybridized carbons (Fsp3) is 0.143. The van der Waals surface area contributed by atoms with Crippen LogP contribution in [0.4, 0.5) is 4.39 Å². The van der Waals surface area contributed by atoms with Gasteiger partial charge in [-0.3, -0.25) is 4.98 Å². The molecule has 0 spiro atoms. The Morgan fingerprint density at radius 2 is 2.05 bits per heavy atom. The molecule has 0 aliphatic heterocycles. The van der Waals surface area contributed by atoms with Crippen LogP contribution in [0.1, 0.15) is 16.7 Å². The Morgan fingerprint density at radius 1 is 1.21 bits per heavy atom. The van der Waals surface area contributed by atoms with Crippen molar-refractivity contribution < 1.29 is 4.39 Å². The maximum absolute atomic E-state index is 13.6. The Balaban J connectivity index is 1.86. The van der Waals surface area contributed by atoms with E-state index in [2.05, 4.69) is 9.97 Å². The molecule has 0 radical (unpaired) electrons. The molecule has 0 aliphatic carbocycles. The number of thiazole rings is 1. The molecular formula is C14H12FN3S. The molecule has 2 N–H and O–H groups in total. The normalized spacial score (nSPS) is 12.7. The van der Waals surface area contributed by atoms with Gasteiger partial charge in [-0.2, -0.15) is 0 Å². The molecule has 3 rings (SSSR count). The second-order valence-electron chi connectivity index (χ2n) is 4.26. The fourth-order valence-electron chi connectivity index (χ4n) is 1.96. The van der Waals surface area contributed by atoms with Gasteiger partial charge in [-0.15, -0.1) is 11.3 Å². The van der Waals surface area contributed by atoms with Crippen LogP contribution >= 0.6 is 11.3 Å². The van der Waals surface area contributed by atoms with Gasteiger partial charge in [0.05, 0.1) is 27.0 Å². The molecule has 1 aromatic carbocycles. The van der Waals surface area contributed by atoms with Gasteiger partial charge < -0.3 is 5.73 Å². The summed E-state index contributed by atoms with van der Waals surface area (Å²) in [6.07, 6.45) is 2.05. The van der Waals surface area contributed by atoms with E-state index in [-0.39, 0.29) is 5.82 Å². The van der Waals surface area contributed by atoms with E-state index in [9.17, 15) is 4.39 Å². The van der Waals surface area contributed by atoms with Crippen molar-refractivity contribution >= 4 is 21.6 Å². The van der Waals surface area contributed by atoms with Gasteiger partial charge in [0, 0.05) is 12.6 Å². The average molecular weight is 273 g/mol. The highest BCUT2D eigenvalue weighted by Crippen LogP contribution is 2.25. The summed E-state index contributed by atoms with van der Waals surface area (Å²) in [7, 11) is 0. The molecule has 1 unspecified atom stereocenters. The van der Waals surface area contributed by atoms with E-state index in [1.54, 1.807) is 23.6 Å². The number of aromatic nitrogens is 2. The predicted octanol–water partition coefficient (Wildman–Crippen LogP) is 3.07. The Bertz CT molecular complexity index is 677. The van der Waals surface area contributed by atoms with E-state index in [0.29, 0.717) is 12.1 Å². The number of pyridine rings is 1. The molecule has 0 bridgehead atoms. The van der Waals surface area contributed by atoms with E-state index in [1.165, 1.54) is 6.07 Å². The summed E-state index contributed by atoms with van der Waals surface area (Å²) >= 11 is 1.58. The van der Waals surface area contributed by atoms with Gasteiger partial charge in [-0.05, 0) is 24.3 Å². The number of halogens is 1. The van der Waals surface area contributed by atoms with Crippen molar-refractivity contribution in [3.8, 4) is 0 Å². The topological polar surface area (TPSA) is 51.8 Å². The number of hydrogen-bond donors (Lipinski definition) is 1. The van der Waals surface area contributed by atoms with E-state index >= 15 is 0 Å².